The summed E-state index contributed by atoms with van der Waals surface area (Å²) in [5.41, 5.74) is 4.63. The van der Waals surface area contributed by atoms with Gasteiger partial charge in [0.25, 0.3) is 0 Å². The number of nitrogens with one attached hydrogen (secondary N) is 2. The summed E-state index contributed by atoms with van der Waals surface area (Å²) in [6, 6.07) is 12.6. The first kappa shape index (κ1) is 22.8. The average molecular weight is 455 g/mol. The summed E-state index contributed by atoms with van der Waals surface area (Å²) < 4.78 is 18.1. The van der Waals surface area contributed by atoms with Gasteiger partial charge in [-0.15, -0.1) is 0 Å². The largest absolute Gasteiger partial charge is 0.346 e. The van der Waals surface area contributed by atoms with Crippen molar-refractivity contribution >= 4 is 33.4 Å². The van der Waals surface area contributed by atoms with Crippen LogP contribution in [0.3, 0.4) is 0 Å². The van der Waals surface area contributed by atoms with Gasteiger partial charge in [-0.2, -0.15) is 0 Å². The lowest BCUT2D eigenvalue weighted by molar-refractivity contribution is 0.458. The molecule has 4 heterocycles. The molecule has 4 nitrogen and oxygen atoms in total. The van der Waals surface area contributed by atoms with Crippen molar-refractivity contribution < 1.29 is 4.39 Å². The third kappa shape index (κ3) is 4.17. The molecule has 32 heavy (non-hydrogen) atoms. The first-order valence-electron chi connectivity index (χ1n) is 11.5. The predicted octanol–water partition coefficient (Wildman–Crippen LogP) is 5.39. The maximum absolute atomic E-state index is 13.7. The molecule has 0 bridgehead atoms. The molecule has 0 saturated heterocycles. The molecule has 2 aliphatic rings. The van der Waals surface area contributed by atoms with Gasteiger partial charge in [-0.1, -0.05) is 25.4 Å². The fourth-order valence-electron chi connectivity index (χ4n) is 4.91. The van der Waals surface area contributed by atoms with Crippen LogP contribution in [0.15, 0.2) is 48.8 Å². The van der Waals surface area contributed by atoms with Crippen LogP contribution in [-0.4, -0.2) is 35.3 Å². The standard InChI is InChI=1S/C12H13ClN2.C12H13FN2.C2H6/c1-14-11-6-9-5-10(13)4-8-2-3-15(7-11)12(8)9;1-14-9-6-10-11(13)3-2-8-4-5-15(7-9)12(8)10;1-2/h2-5,11,14H,6-7H2,1H3;2-5,9,14H,6-7H2,1H3;1-2H3. The maximum Gasteiger partial charge on any atom is 0.128 e. The Morgan fingerprint density at radius 1 is 0.844 bits per heavy atom. The van der Waals surface area contributed by atoms with E-state index in [9.17, 15) is 4.39 Å². The molecule has 0 radical (unpaired) electrons. The van der Waals surface area contributed by atoms with Crippen molar-refractivity contribution in [3.05, 3.63) is 70.8 Å². The molecule has 0 fully saturated rings. The smallest absolute Gasteiger partial charge is 0.128 e. The molecule has 0 aliphatic carbocycles. The molecule has 2 atom stereocenters. The number of halogens is 2. The van der Waals surface area contributed by atoms with Crippen LogP contribution in [0.2, 0.25) is 5.02 Å². The highest BCUT2D eigenvalue weighted by atomic mass is 35.5. The zero-order valence-corrected chi connectivity index (χ0v) is 20.0. The van der Waals surface area contributed by atoms with Crippen LogP contribution in [0.4, 0.5) is 4.39 Å². The number of likely N-dealkylation sites (N-methyl/N-ethyl adjacent to an activating group) is 2. The van der Waals surface area contributed by atoms with E-state index in [-0.39, 0.29) is 5.82 Å². The van der Waals surface area contributed by atoms with Gasteiger partial charge in [0.2, 0.25) is 0 Å². The second-order valence-electron chi connectivity index (χ2n) is 8.28. The summed E-state index contributed by atoms with van der Waals surface area (Å²) in [6.07, 6.45) is 6.03. The monoisotopic (exact) mass is 454 g/mol. The van der Waals surface area contributed by atoms with Crippen LogP contribution in [0.5, 0.6) is 0 Å². The van der Waals surface area contributed by atoms with E-state index in [0.29, 0.717) is 12.1 Å². The molecule has 6 rings (SSSR count). The van der Waals surface area contributed by atoms with E-state index in [4.69, 9.17) is 11.6 Å². The van der Waals surface area contributed by atoms with Crippen LogP contribution in [0.1, 0.15) is 25.0 Å². The molecule has 170 valence electrons. The van der Waals surface area contributed by atoms with Crippen molar-refractivity contribution in [2.24, 2.45) is 0 Å². The molecule has 0 saturated carbocycles. The van der Waals surface area contributed by atoms with E-state index in [1.807, 2.05) is 46.3 Å². The van der Waals surface area contributed by atoms with E-state index in [0.717, 1.165) is 47.4 Å². The van der Waals surface area contributed by atoms with Crippen molar-refractivity contribution in [3.63, 3.8) is 0 Å². The van der Waals surface area contributed by atoms with Crippen molar-refractivity contribution in [1.82, 2.24) is 19.8 Å². The molecule has 2 aromatic carbocycles. The van der Waals surface area contributed by atoms with Crippen molar-refractivity contribution in [2.75, 3.05) is 14.1 Å². The minimum atomic E-state index is -0.0811. The Hall–Kier alpha value is -2.34. The molecule has 0 spiro atoms. The van der Waals surface area contributed by atoms with E-state index in [1.54, 1.807) is 6.07 Å². The van der Waals surface area contributed by atoms with Gasteiger partial charge in [0, 0.05) is 58.9 Å². The third-order valence-electron chi connectivity index (χ3n) is 6.45. The summed E-state index contributed by atoms with van der Waals surface area (Å²) in [7, 11) is 3.94. The molecule has 2 unspecified atom stereocenters. The summed E-state index contributed by atoms with van der Waals surface area (Å²) in [5.74, 6) is -0.0811. The van der Waals surface area contributed by atoms with Crippen molar-refractivity contribution in [3.8, 4) is 0 Å². The minimum Gasteiger partial charge on any atom is -0.346 e. The Labute approximate surface area is 194 Å². The van der Waals surface area contributed by atoms with Gasteiger partial charge < -0.3 is 19.8 Å². The topological polar surface area (TPSA) is 33.9 Å². The van der Waals surface area contributed by atoms with Crippen LogP contribution in [0, 0.1) is 5.82 Å². The van der Waals surface area contributed by atoms with Gasteiger partial charge in [-0.05, 0) is 68.9 Å². The Bertz CT molecular complexity index is 1230. The van der Waals surface area contributed by atoms with Crippen molar-refractivity contribution in [1.29, 1.82) is 0 Å². The lowest BCUT2D eigenvalue weighted by atomic mass is 9.99. The number of hydrogen-bond acceptors (Lipinski definition) is 2. The van der Waals surface area contributed by atoms with Gasteiger partial charge in [0.05, 0.1) is 11.0 Å². The summed E-state index contributed by atoms with van der Waals surface area (Å²) >= 11 is 6.10. The zero-order chi connectivity index (χ0) is 22.8. The maximum atomic E-state index is 13.7. The third-order valence-corrected chi connectivity index (χ3v) is 6.67. The Morgan fingerprint density at radius 2 is 1.47 bits per heavy atom. The summed E-state index contributed by atoms with van der Waals surface area (Å²) in [4.78, 5) is 0. The number of rotatable bonds is 2. The highest BCUT2D eigenvalue weighted by Gasteiger charge is 2.22. The van der Waals surface area contributed by atoms with Gasteiger partial charge in [0.15, 0.2) is 0 Å². The molecular weight excluding hydrogens is 423 g/mol. The second-order valence-corrected chi connectivity index (χ2v) is 8.72. The van der Waals surface area contributed by atoms with Gasteiger partial charge in [0.1, 0.15) is 5.82 Å². The fourth-order valence-corrected chi connectivity index (χ4v) is 5.16. The highest BCUT2D eigenvalue weighted by Crippen LogP contribution is 2.30. The number of hydrogen-bond donors (Lipinski definition) is 2. The Kier molecular flexibility index (Phi) is 6.89. The fraction of sp³-hybridized carbons (Fsp3) is 0.385. The molecule has 2 N–H and O–H groups in total. The van der Waals surface area contributed by atoms with Crippen LogP contribution < -0.4 is 10.6 Å². The quantitative estimate of drug-likeness (QED) is 0.426. The normalized spacial score (nSPS) is 18.7. The lowest BCUT2D eigenvalue weighted by Crippen LogP contribution is -2.35. The van der Waals surface area contributed by atoms with Gasteiger partial charge in [-0.25, -0.2) is 4.39 Å². The number of nitrogens with zero attached hydrogens (tertiary/aromatic N) is 2. The molecule has 2 aliphatic heterocycles. The Balaban J connectivity index is 0.000000142. The minimum absolute atomic E-state index is 0.0811. The van der Waals surface area contributed by atoms with E-state index < -0.39 is 0 Å². The van der Waals surface area contributed by atoms with Crippen LogP contribution in [-0.2, 0) is 25.9 Å². The number of aromatic nitrogens is 2. The first-order chi connectivity index (χ1) is 15.6. The van der Waals surface area contributed by atoms with Gasteiger partial charge >= 0.3 is 0 Å². The molecule has 4 aromatic rings. The molecule has 2 aromatic heterocycles. The van der Waals surface area contributed by atoms with Gasteiger partial charge in [-0.3, -0.25) is 0 Å². The predicted molar refractivity (Wildman–Crippen MR) is 133 cm³/mol. The molecule has 0 amide bonds. The number of benzene rings is 2. The summed E-state index contributed by atoms with van der Waals surface area (Å²) in [5, 5.41) is 9.79. The summed E-state index contributed by atoms with van der Waals surface area (Å²) in [6.45, 7) is 5.98. The van der Waals surface area contributed by atoms with E-state index in [1.165, 1.54) is 16.5 Å². The van der Waals surface area contributed by atoms with E-state index >= 15 is 0 Å². The van der Waals surface area contributed by atoms with E-state index in [2.05, 4.69) is 44.2 Å². The van der Waals surface area contributed by atoms with Crippen LogP contribution >= 0.6 is 11.6 Å². The van der Waals surface area contributed by atoms with Crippen LogP contribution in [0.25, 0.3) is 21.8 Å². The van der Waals surface area contributed by atoms with Crippen molar-refractivity contribution in [2.45, 2.75) is 51.9 Å². The molecule has 6 heteroatoms. The average Bonchev–Trinajstić information content (AvgIpc) is 3.43. The second kappa shape index (κ2) is 9.65. The zero-order valence-electron chi connectivity index (χ0n) is 19.3. The highest BCUT2D eigenvalue weighted by molar-refractivity contribution is 6.31. The first-order valence-corrected chi connectivity index (χ1v) is 11.8. The molecular formula is C26H32ClFN4. The lowest BCUT2D eigenvalue weighted by Gasteiger charge is -2.24. The SMILES string of the molecule is CC.CNC1Cc2c(F)ccc3ccn(c23)C1.CNC1Cc2cc(Cl)cc3ccn(c23)C1. The Morgan fingerprint density at radius 3 is 2.16 bits per heavy atom.